The molecule has 0 N–H and O–H groups in total. The second-order valence-electron chi connectivity index (χ2n) is 5.51. The molecular formula is C18H22O4S. The zero-order chi connectivity index (χ0) is 17.0. The molecule has 23 heavy (non-hydrogen) atoms. The summed E-state index contributed by atoms with van der Waals surface area (Å²) in [6.45, 7) is 5.06. The molecule has 0 saturated carbocycles. The predicted molar refractivity (Wildman–Crippen MR) is 91.6 cm³/mol. The van der Waals surface area contributed by atoms with Crippen molar-refractivity contribution in [3.63, 3.8) is 0 Å². The van der Waals surface area contributed by atoms with E-state index < -0.39 is 15.8 Å². The van der Waals surface area contributed by atoms with Gasteiger partial charge >= 0.3 is 5.97 Å². The molecule has 0 saturated heterocycles. The van der Waals surface area contributed by atoms with Crippen molar-refractivity contribution in [3.8, 4) is 5.75 Å². The molecule has 0 aromatic heterocycles. The molecule has 0 heterocycles. The Morgan fingerprint density at radius 2 is 1.78 bits per heavy atom. The second kappa shape index (κ2) is 7.13. The number of esters is 1. The highest BCUT2D eigenvalue weighted by Crippen LogP contribution is 2.36. The van der Waals surface area contributed by atoms with Gasteiger partial charge in [-0.25, -0.2) is 8.42 Å². The van der Waals surface area contributed by atoms with Crippen molar-refractivity contribution in [2.24, 2.45) is 0 Å². The lowest BCUT2D eigenvalue weighted by Gasteiger charge is -2.16. The van der Waals surface area contributed by atoms with Crippen LogP contribution < -0.4 is 4.74 Å². The normalized spacial score (nSPS) is 11.6. The minimum atomic E-state index is -3.36. The molecule has 0 aliphatic rings. The number of aryl methyl sites for hydroxylation is 1. The van der Waals surface area contributed by atoms with E-state index >= 15 is 0 Å². The molecule has 4 nitrogen and oxygen atoms in total. The van der Waals surface area contributed by atoms with E-state index in [0.717, 1.165) is 18.4 Å². The molecule has 0 fully saturated rings. The molecule has 0 bridgehead atoms. The number of hydrogen-bond donors (Lipinski definition) is 0. The Morgan fingerprint density at radius 1 is 1.13 bits per heavy atom. The van der Waals surface area contributed by atoms with E-state index in [1.54, 1.807) is 31.2 Å². The van der Waals surface area contributed by atoms with Crippen molar-refractivity contribution >= 4 is 26.6 Å². The summed E-state index contributed by atoms with van der Waals surface area (Å²) >= 11 is 0. The van der Waals surface area contributed by atoms with E-state index in [9.17, 15) is 13.2 Å². The van der Waals surface area contributed by atoms with Crippen LogP contribution in [0.4, 0.5) is 0 Å². The van der Waals surface area contributed by atoms with Crippen molar-refractivity contribution in [3.05, 3.63) is 35.9 Å². The molecule has 2 rings (SSSR count). The lowest BCUT2D eigenvalue weighted by molar-refractivity contribution is -0.131. The number of hydrogen-bond acceptors (Lipinski definition) is 4. The third kappa shape index (κ3) is 3.72. The number of carbonyl (C=O) groups excluding carboxylic acids is 1. The van der Waals surface area contributed by atoms with Crippen LogP contribution in [0.5, 0.6) is 5.75 Å². The zero-order valence-electron chi connectivity index (χ0n) is 13.8. The summed E-state index contributed by atoms with van der Waals surface area (Å²) < 4.78 is 30.4. The third-order valence-electron chi connectivity index (χ3n) is 3.79. The highest BCUT2D eigenvalue weighted by molar-refractivity contribution is 7.91. The molecule has 0 atom stereocenters. The maximum Gasteiger partial charge on any atom is 0.308 e. The Bertz CT molecular complexity index is 822. The van der Waals surface area contributed by atoms with Gasteiger partial charge in [-0.15, -0.1) is 0 Å². The van der Waals surface area contributed by atoms with Gasteiger partial charge in [0.1, 0.15) is 5.75 Å². The van der Waals surface area contributed by atoms with Crippen LogP contribution in [-0.2, 0) is 21.1 Å². The average Bonchev–Trinajstić information content (AvgIpc) is 2.53. The Labute approximate surface area is 137 Å². The summed E-state index contributed by atoms with van der Waals surface area (Å²) in [5, 5.41) is 1.27. The number of carbonyl (C=O) groups is 1. The van der Waals surface area contributed by atoms with Crippen LogP contribution in [0.15, 0.2) is 35.2 Å². The van der Waals surface area contributed by atoms with Gasteiger partial charge in [0.15, 0.2) is 9.84 Å². The van der Waals surface area contributed by atoms with Gasteiger partial charge in [0.25, 0.3) is 0 Å². The fraction of sp³-hybridized carbons (Fsp3) is 0.389. The summed E-state index contributed by atoms with van der Waals surface area (Å²) in [5.41, 5.74) is 0.771. The number of rotatable bonds is 6. The Hall–Kier alpha value is -1.88. The van der Waals surface area contributed by atoms with Gasteiger partial charge in [-0.1, -0.05) is 44.5 Å². The van der Waals surface area contributed by atoms with E-state index in [-0.39, 0.29) is 5.75 Å². The van der Waals surface area contributed by atoms with Crippen LogP contribution in [0.3, 0.4) is 0 Å². The highest BCUT2D eigenvalue weighted by Gasteiger charge is 2.21. The number of ether oxygens (including phenoxy) is 1. The molecule has 0 aliphatic carbocycles. The summed E-state index contributed by atoms with van der Waals surface area (Å²) in [4.78, 5) is 11.8. The van der Waals surface area contributed by atoms with Crippen LogP contribution in [-0.4, -0.2) is 20.1 Å². The van der Waals surface area contributed by atoms with E-state index in [1.807, 2.05) is 6.07 Å². The molecule has 0 spiro atoms. The summed E-state index contributed by atoms with van der Waals surface area (Å²) in [7, 11) is -3.36. The van der Waals surface area contributed by atoms with E-state index in [4.69, 9.17) is 4.74 Å². The first-order valence-electron chi connectivity index (χ1n) is 7.86. The van der Waals surface area contributed by atoms with Crippen LogP contribution in [0.1, 0.15) is 39.2 Å². The van der Waals surface area contributed by atoms with Gasteiger partial charge in [-0.3, -0.25) is 4.79 Å². The number of benzene rings is 2. The molecule has 2 aromatic rings. The van der Waals surface area contributed by atoms with Gasteiger partial charge in [-0.05, 0) is 24.5 Å². The third-order valence-corrected chi connectivity index (χ3v) is 5.56. The molecule has 124 valence electrons. The van der Waals surface area contributed by atoms with Crippen LogP contribution in [0.25, 0.3) is 10.8 Å². The van der Waals surface area contributed by atoms with Gasteiger partial charge in [0, 0.05) is 17.7 Å². The Morgan fingerprint density at radius 3 is 2.35 bits per heavy atom. The molecular weight excluding hydrogens is 312 g/mol. The fourth-order valence-corrected chi connectivity index (χ4v) is 3.75. The number of fused-ring (bicyclic) bond motifs is 1. The lowest BCUT2D eigenvalue weighted by Crippen LogP contribution is -2.09. The summed E-state index contributed by atoms with van der Waals surface area (Å²) in [5.74, 6) is 0.118. The summed E-state index contributed by atoms with van der Waals surface area (Å²) in [6.07, 6.45) is 2.55. The smallest absolute Gasteiger partial charge is 0.308 e. The van der Waals surface area contributed by atoms with Crippen molar-refractivity contribution in [1.82, 2.24) is 0 Å². The van der Waals surface area contributed by atoms with Crippen molar-refractivity contribution in [2.45, 2.75) is 44.9 Å². The zero-order valence-corrected chi connectivity index (χ0v) is 14.6. The SMILES string of the molecule is CCCCc1cc(S(=O)(=O)CC)c2ccccc2c1OC(C)=O. The number of unbranched alkanes of at least 4 members (excludes halogenated alkanes) is 1. The van der Waals surface area contributed by atoms with Crippen molar-refractivity contribution in [2.75, 3.05) is 5.75 Å². The van der Waals surface area contributed by atoms with Gasteiger partial charge in [0.05, 0.1) is 10.6 Å². The maximum atomic E-state index is 12.5. The van der Waals surface area contributed by atoms with Crippen molar-refractivity contribution < 1.29 is 17.9 Å². The molecule has 0 radical (unpaired) electrons. The fourth-order valence-electron chi connectivity index (χ4n) is 2.60. The highest BCUT2D eigenvalue weighted by atomic mass is 32.2. The molecule has 0 unspecified atom stereocenters. The van der Waals surface area contributed by atoms with Crippen molar-refractivity contribution in [1.29, 1.82) is 0 Å². The first kappa shape index (κ1) is 17.5. The standard InChI is InChI=1S/C18H22O4S/c1-4-6-9-14-12-17(23(20,21)5-2)15-10-7-8-11-16(15)18(14)22-13(3)19/h7-8,10-12H,4-6,9H2,1-3H3. The molecule has 5 heteroatoms. The predicted octanol–water partition coefficient (Wildman–Crippen LogP) is 3.90. The molecule has 0 amide bonds. The van der Waals surface area contributed by atoms with Crippen LogP contribution in [0, 0.1) is 0 Å². The monoisotopic (exact) mass is 334 g/mol. The van der Waals surface area contributed by atoms with E-state index in [2.05, 4.69) is 6.92 Å². The lowest BCUT2D eigenvalue weighted by atomic mass is 10.0. The van der Waals surface area contributed by atoms with Gasteiger partial charge in [-0.2, -0.15) is 0 Å². The summed E-state index contributed by atoms with van der Waals surface area (Å²) in [6, 6.07) is 8.85. The van der Waals surface area contributed by atoms with Crippen LogP contribution >= 0.6 is 0 Å². The first-order chi connectivity index (χ1) is 10.9. The Balaban J connectivity index is 2.81. The first-order valence-corrected chi connectivity index (χ1v) is 9.51. The molecule has 2 aromatic carbocycles. The second-order valence-corrected chi connectivity index (χ2v) is 7.76. The average molecular weight is 334 g/mol. The maximum absolute atomic E-state index is 12.5. The van der Waals surface area contributed by atoms with Gasteiger partial charge in [0.2, 0.25) is 0 Å². The largest absolute Gasteiger partial charge is 0.426 e. The van der Waals surface area contributed by atoms with E-state index in [0.29, 0.717) is 27.8 Å². The minimum Gasteiger partial charge on any atom is -0.426 e. The van der Waals surface area contributed by atoms with E-state index in [1.165, 1.54) is 6.92 Å². The van der Waals surface area contributed by atoms with Gasteiger partial charge < -0.3 is 4.74 Å². The minimum absolute atomic E-state index is 0.0388. The Kier molecular flexibility index (Phi) is 5.42. The van der Waals surface area contributed by atoms with Crippen LogP contribution in [0.2, 0.25) is 0 Å². The molecule has 0 aliphatic heterocycles. The topological polar surface area (TPSA) is 60.4 Å². The number of sulfone groups is 1. The quantitative estimate of drug-likeness (QED) is 0.594.